The fourth-order valence-electron chi connectivity index (χ4n) is 1.86. The second-order valence-corrected chi connectivity index (χ2v) is 4.32. The Morgan fingerprint density at radius 2 is 2.33 bits per heavy atom. The van der Waals surface area contributed by atoms with Crippen LogP contribution in [0.5, 0.6) is 0 Å². The van der Waals surface area contributed by atoms with Gasteiger partial charge in [0, 0.05) is 24.7 Å². The van der Waals surface area contributed by atoms with Crippen LogP contribution in [0.4, 0.5) is 4.39 Å². The van der Waals surface area contributed by atoms with Crippen molar-refractivity contribution in [3.63, 3.8) is 0 Å². The second-order valence-electron chi connectivity index (χ2n) is 3.91. The number of likely N-dealkylation sites (tertiary alicyclic amines) is 1. The van der Waals surface area contributed by atoms with Crippen LogP contribution in [0, 0.1) is 5.82 Å². The number of aliphatic hydroxyl groups excluding tert-OH is 1. The zero-order valence-electron chi connectivity index (χ0n) is 8.29. The van der Waals surface area contributed by atoms with Crippen LogP contribution in [0.3, 0.4) is 0 Å². The zero-order valence-corrected chi connectivity index (χ0v) is 9.04. The third kappa shape index (κ3) is 2.68. The monoisotopic (exact) mass is 229 g/mol. The summed E-state index contributed by atoms with van der Waals surface area (Å²) in [6.07, 6.45) is 0.532. The van der Waals surface area contributed by atoms with Crippen LogP contribution in [0.25, 0.3) is 0 Å². The predicted octanol–water partition coefficient (Wildman–Crippen LogP) is 2.05. The number of rotatable bonds is 2. The van der Waals surface area contributed by atoms with Crippen molar-refractivity contribution in [3.8, 4) is 0 Å². The van der Waals surface area contributed by atoms with E-state index in [1.165, 1.54) is 12.1 Å². The molecule has 1 saturated heterocycles. The Kier molecular flexibility index (Phi) is 3.24. The number of hydrogen-bond acceptors (Lipinski definition) is 2. The molecule has 2 rings (SSSR count). The van der Waals surface area contributed by atoms with Crippen molar-refractivity contribution in [1.29, 1.82) is 0 Å². The van der Waals surface area contributed by atoms with Gasteiger partial charge in [-0.05, 0) is 30.2 Å². The summed E-state index contributed by atoms with van der Waals surface area (Å²) in [7, 11) is 0. The molecule has 15 heavy (non-hydrogen) atoms. The van der Waals surface area contributed by atoms with E-state index in [0.29, 0.717) is 18.1 Å². The van der Waals surface area contributed by atoms with Gasteiger partial charge < -0.3 is 5.11 Å². The molecule has 1 aliphatic rings. The molecule has 2 nitrogen and oxygen atoms in total. The number of hydrogen-bond donors (Lipinski definition) is 1. The molecule has 0 spiro atoms. The highest BCUT2D eigenvalue weighted by molar-refractivity contribution is 6.31. The molecule has 82 valence electrons. The summed E-state index contributed by atoms with van der Waals surface area (Å²) < 4.78 is 13.0. The molecule has 0 radical (unpaired) electrons. The molecule has 0 bridgehead atoms. The molecular weight excluding hydrogens is 217 g/mol. The largest absolute Gasteiger partial charge is 0.392 e. The SMILES string of the molecule is OC1CCN(Cc2cc(F)ccc2Cl)C1. The predicted molar refractivity (Wildman–Crippen MR) is 57.3 cm³/mol. The maximum Gasteiger partial charge on any atom is 0.123 e. The third-order valence-electron chi connectivity index (χ3n) is 2.65. The Hall–Kier alpha value is -0.640. The highest BCUT2D eigenvalue weighted by atomic mass is 35.5. The van der Waals surface area contributed by atoms with E-state index >= 15 is 0 Å². The van der Waals surface area contributed by atoms with Crippen molar-refractivity contribution in [2.45, 2.75) is 19.1 Å². The van der Waals surface area contributed by atoms with Crippen LogP contribution >= 0.6 is 11.6 Å². The lowest BCUT2D eigenvalue weighted by Crippen LogP contribution is -2.21. The first-order valence-corrected chi connectivity index (χ1v) is 5.37. The smallest absolute Gasteiger partial charge is 0.123 e. The molecule has 0 amide bonds. The van der Waals surface area contributed by atoms with Gasteiger partial charge in [-0.25, -0.2) is 4.39 Å². The fourth-order valence-corrected chi connectivity index (χ4v) is 2.04. The summed E-state index contributed by atoms with van der Waals surface area (Å²) >= 11 is 5.96. The van der Waals surface area contributed by atoms with E-state index in [-0.39, 0.29) is 11.9 Å². The minimum atomic E-state index is -0.269. The molecule has 1 N–H and O–H groups in total. The van der Waals surface area contributed by atoms with Crippen LogP contribution in [0.15, 0.2) is 18.2 Å². The molecule has 0 aromatic heterocycles. The van der Waals surface area contributed by atoms with Gasteiger partial charge in [0.25, 0.3) is 0 Å². The molecule has 1 aliphatic heterocycles. The van der Waals surface area contributed by atoms with E-state index in [0.717, 1.165) is 18.5 Å². The summed E-state index contributed by atoms with van der Waals surface area (Å²) in [5.41, 5.74) is 0.783. The quantitative estimate of drug-likeness (QED) is 0.839. The van der Waals surface area contributed by atoms with Crippen molar-refractivity contribution < 1.29 is 9.50 Å². The summed E-state index contributed by atoms with van der Waals surface area (Å²) in [6.45, 7) is 2.09. The van der Waals surface area contributed by atoms with Crippen LogP contribution in [-0.4, -0.2) is 29.2 Å². The third-order valence-corrected chi connectivity index (χ3v) is 3.02. The highest BCUT2D eigenvalue weighted by Gasteiger charge is 2.20. The van der Waals surface area contributed by atoms with Crippen LogP contribution < -0.4 is 0 Å². The van der Waals surface area contributed by atoms with Crippen molar-refractivity contribution in [2.24, 2.45) is 0 Å². The maximum absolute atomic E-state index is 13.0. The number of benzene rings is 1. The Bertz CT molecular complexity index is 358. The Labute approximate surface area is 93.3 Å². The number of halogens is 2. The number of nitrogens with zero attached hydrogens (tertiary/aromatic N) is 1. The maximum atomic E-state index is 13.0. The number of β-amino-alcohol motifs (C(OH)–C–C–N with tert-alkyl or cyclic N) is 1. The standard InChI is InChI=1S/C11H13ClFNO/c12-11-2-1-9(13)5-8(11)6-14-4-3-10(15)7-14/h1-2,5,10,15H,3-4,6-7H2. The Morgan fingerprint density at radius 1 is 1.53 bits per heavy atom. The van der Waals surface area contributed by atoms with Gasteiger partial charge >= 0.3 is 0 Å². The number of aliphatic hydroxyl groups is 1. The van der Waals surface area contributed by atoms with E-state index in [1.54, 1.807) is 6.07 Å². The average Bonchev–Trinajstić information content (AvgIpc) is 2.58. The Morgan fingerprint density at radius 3 is 3.00 bits per heavy atom. The van der Waals surface area contributed by atoms with Gasteiger partial charge in [0.15, 0.2) is 0 Å². The summed E-state index contributed by atoms with van der Waals surface area (Å²) in [5.74, 6) is -0.269. The first-order chi connectivity index (χ1) is 7.15. The van der Waals surface area contributed by atoms with Gasteiger partial charge in [0.05, 0.1) is 6.10 Å². The fraction of sp³-hybridized carbons (Fsp3) is 0.455. The first-order valence-electron chi connectivity index (χ1n) is 4.99. The van der Waals surface area contributed by atoms with Gasteiger partial charge in [-0.1, -0.05) is 11.6 Å². The lowest BCUT2D eigenvalue weighted by atomic mass is 10.2. The molecule has 1 heterocycles. The topological polar surface area (TPSA) is 23.5 Å². The molecule has 4 heteroatoms. The van der Waals surface area contributed by atoms with Gasteiger partial charge in [-0.3, -0.25) is 4.90 Å². The van der Waals surface area contributed by atoms with Crippen molar-refractivity contribution in [3.05, 3.63) is 34.6 Å². The van der Waals surface area contributed by atoms with Crippen molar-refractivity contribution in [1.82, 2.24) is 4.90 Å². The van der Waals surface area contributed by atoms with Gasteiger partial charge in [-0.2, -0.15) is 0 Å². The molecule has 1 aromatic carbocycles. The zero-order chi connectivity index (χ0) is 10.8. The van der Waals surface area contributed by atoms with Crippen molar-refractivity contribution >= 4 is 11.6 Å². The molecular formula is C11H13ClFNO. The molecule has 0 saturated carbocycles. The van der Waals surface area contributed by atoms with Crippen molar-refractivity contribution in [2.75, 3.05) is 13.1 Å². The van der Waals surface area contributed by atoms with E-state index in [4.69, 9.17) is 11.6 Å². The van der Waals surface area contributed by atoms with Crippen LogP contribution in [0.1, 0.15) is 12.0 Å². The van der Waals surface area contributed by atoms with Crippen LogP contribution in [0.2, 0.25) is 5.02 Å². The molecule has 1 unspecified atom stereocenters. The molecule has 1 fully saturated rings. The second kappa shape index (κ2) is 4.47. The molecule has 0 aliphatic carbocycles. The normalized spacial score (nSPS) is 22.2. The van der Waals surface area contributed by atoms with E-state index in [9.17, 15) is 9.50 Å². The van der Waals surface area contributed by atoms with Crippen LogP contribution in [-0.2, 0) is 6.54 Å². The highest BCUT2D eigenvalue weighted by Crippen LogP contribution is 2.21. The summed E-state index contributed by atoms with van der Waals surface area (Å²) in [5, 5.41) is 9.93. The van der Waals surface area contributed by atoms with Gasteiger partial charge in [-0.15, -0.1) is 0 Å². The van der Waals surface area contributed by atoms with Gasteiger partial charge in [0.2, 0.25) is 0 Å². The van der Waals surface area contributed by atoms with E-state index in [2.05, 4.69) is 4.90 Å². The van der Waals surface area contributed by atoms with Gasteiger partial charge in [0.1, 0.15) is 5.82 Å². The Balaban J connectivity index is 2.07. The lowest BCUT2D eigenvalue weighted by Gasteiger charge is -2.15. The molecule has 1 aromatic rings. The summed E-state index contributed by atoms with van der Waals surface area (Å²) in [6, 6.07) is 4.37. The average molecular weight is 230 g/mol. The first kappa shape index (κ1) is 10.9. The minimum absolute atomic E-state index is 0.252. The molecule has 1 atom stereocenters. The van der Waals surface area contributed by atoms with E-state index < -0.39 is 0 Å². The minimum Gasteiger partial charge on any atom is -0.392 e. The summed E-state index contributed by atoms with van der Waals surface area (Å²) in [4.78, 5) is 2.07. The van der Waals surface area contributed by atoms with E-state index in [1.807, 2.05) is 0 Å². The lowest BCUT2D eigenvalue weighted by molar-refractivity contribution is 0.175.